The number of hydrogen-bond acceptors (Lipinski definition) is 6. The molecule has 2 aromatic carbocycles. The molecular weight excluding hydrogens is 412 g/mol. The normalized spacial score (nSPS) is 13.3. The van der Waals surface area contributed by atoms with Gasteiger partial charge in [-0.05, 0) is 36.6 Å². The second kappa shape index (κ2) is 10.0. The number of hydrogen-bond donors (Lipinski definition) is 2. The summed E-state index contributed by atoms with van der Waals surface area (Å²) in [6.07, 6.45) is 0.150. The van der Waals surface area contributed by atoms with Crippen LogP contribution >= 0.6 is 0 Å². The number of aromatic nitrogens is 2. The minimum absolute atomic E-state index is 0.134. The number of aliphatic hydroxyl groups is 1. The van der Waals surface area contributed by atoms with Crippen LogP contribution in [0.1, 0.15) is 41.4 Å². The molecule has 8 nitrogen and oxygen atoms in total. The zero-order valence-corrected chi connectivity index (χ0v) is 19.0. The van der Waals surface area contributed by atoms with E-state index in [4.69, 9.17) is 14.2 Å². The predicted octanol–water partition coefficient (Wildman–Crippen LogP) is 3.83. The maximum atomic E-state index is 11.5. The van der Waals surface area contributed by atoms with Gasteiger partial charge in [-0.3, -0.25) is 4.68 Å². The van der Waals surface area contributed by atoms with Gasteiger partial charge in [0.25, 0.3) is 0 Å². The van der Waals surface area contributed by atoms with Crippen molar-refractivity contribution in [3.05, 3.63) is 53.2 Å². The van der Waals surface area contributed by atoms with E-state index in [-0.39, 0.29) is 18.0 Å². The molecule has 1 heterocycles. The minimum atomic E-state index is -1.03. The molecule has 0 fully saturated rings. The highest BCUT2D eigenvalue weighted by Gasteiger charge is 2.26. The number of ether oxygens (including phenoxy) is 3. The number of aromatic carboxylic acids is 1. The summed E-state index contributed by atoms with van der Waals surface area (Å²) >= 11 is 0. The number of carboxylic acid groups (broad SMARTS) is 1. The first-order chi connectivity index (χ1) is 15.2. The van der Waals surface area contributed by atoms with Gasteiger partial charge in [0.15, 0.2) is 0 Å². The van der Waals surface area contributed by atoms with E-state index >= 15 is 0 Å². The second-order valence-corrected chi connectivity index (χ2v) is 8.16. The first-order valence-corrected chi connectivity index (χ1v) is 10.5. The molecule has 0 amide bonds. The molecule has 8 heteroatoms. The molecule has 0 spiro atoms. The quantitative estimate of drug-likeness (QED) is 0.492. The Morgan fingerprint density at radius 1 is 1.16 bits per heavy atom. The molecule has 0 saturated heterocycles. The van der Waals surface area contributed by atoms with Crippen molar-refractivity contribution in [3.8, 4) is 11.5 Å². The first kappa shape index (κ1) is 23.6. The number of carboxylic acids is 1. The Morgan fingerprint density at radius 2 is 1.81 bits per heavy atom. The third kappa shape index (κ3) is 5.03. The predicted molar refractivity (Wildman–Crippen MR) is 121 cm³/mol. The fraction of sp³-hybridized carbons (Fsp3) is 0.417. The molecule has 2 N–H and O–H groups in total. The van der Waals surface area contributed by atoms with Gasteiger partial charge in [0.1, 0.15) is 29.2 Å². The number of aliphatic hydroxyl groups excluding tert-OH is 1. The van der Waals surface area contributed by atoms with Crippen molar-refractivity contribution in [1.29, 1.82) is 0 Å². The van der Waals surface area contributed by atoms with Crippen molar-refractivity contribution in [2.24, 2.45) is 5.92 Å². The Balaban J connectivity index is 1.96. The van der Waals surface area contributed by atoms with Crippen LogP contribution in [0.25, 0.3) is 10.9 Å². The van der Waals surface area contributed by atoms with Crippen LogP contribution in [0.4, 0.5) is 0 Å². The summed E-state index contributed by atoms with van der Waals surface area (Å²) < 4.78 is 18.6. The Labute approximate surface area is 187 Å². The molecule has 0 unspecified atom stereocenters. The lowest BCUT2D eigenvalue weighted by molar-refractivity contribution is -0.0574. The largest absolute Gasteiger partial charge is 0.496 e. The Morgan fingerprint density at radius 3 is 2.38 bits per heavy atom. The lowest BCUT2D eigenvalue weighted by Gasteiger charge is -2.26. The van der Waals surface area contributed by atoms with E-state index in [9.17, 15) is 15.0 Å². The zero-order chi connectivity index (χ0) is 23.4. The zero-order valence-electron chi connectivity index (χ0n) is 19.0. The van der Waals surface area contributed by atoms with Crippen LogP contribution in [0.5, 0.6) is 11.5 Å². The van der Waals surface area contributed by atoms with Crippen molar-refractivity contribution < 1.29 is 29.2 Å². The third-order valence-corrected chi connectivity index (χ3v) is 5.29. The highest BCUT2D eigenvalue weighted by Crippen LogP contribution is 2.34. The number of rotatable bonds is 10. The standard InChI is InChI=1S/C24H30N2O6/c1-14(2)13-32-21(23(27)17-9-19(30-4)15(3)20(10-17)31-5)12-26-11-16-7-6-8-18(24(28)29)22(16)25-26/h6-11,14,21,23,27H,12-13H2,1-5H3,(H,28,29)/t21-,23+/m0/s1. The Bertz CT molecular complexity index is 1070. The molecule has 2 atom stereocenters. The van der Waals surface area contributed by atoms with Crippen LogP contribution in [-0.2, 0) is 11.3 Å². The van der Waals surface area contributed by atoms with Crippen molar-refractivity contribution in [3.63, 3.8) is 0 Å². The van der Waals surface area contributed by atoms with Gasteiger partial charge in [0.05, 0.1) is 26.3 Å². The molecule has 172 valence electrons. The highest BCUT2D eigenvalue weighted by atomic mass is 16.5. The van der Waals surface area contributed by atoms with Crippen molar-refractivity contribution >= 4 is 16.9 Å². The number of benzene rings is 2. The van der Waals surface area contributed by atoms with E-state index in [1.165, 1.54) is 6.07 Å². The van der Waals surface area contributed by atoms with Gasteiger partial charge < -0.3 is 24.4 Å². The fourth-order valence-electron chi connectivity index (χ4n) is 3.60. The van der Waals surface area contributed by atoms with Gasteiger partial charge >= 0.3 is 5.97 Å². The average molecular weight is 443 g/mol. The molecular formula is C24H30N2O6. The number of methoxy groups -OCH3 is 2. The third-order valence-electron chi connectivity index (χ3n) is 5.29. The monoisotopic (exact) mass is 442 g/mol. The van der Waals surface area contributed by atoms with Crippen molar-refractivity contribution in [2.45, 2.75) is 39.5 Å². The maximum absolute atomic E-state index is 11.5. The molecule has 0 aliphatic heterocycles. The highest BCUT2D eigenvalue weighted by molar-refractivity contribution is 6.01. The molecule has 0 aliphatic rings. The summed E-state index contributed by atoms with van der Waals surface area (Å²) in [5.74, 6) is 0.448. The van der Waals surface area contributed by atoms with E-state index in [0.717, 1.165) is 5.56 Å². The minimum Gasteiger partial charge on any atom is -0.496 e. The van der Waals surface area contributed by atoms with E-state index in [1.807, 2.05) is 20.8 Å². The van der Waals surface area contributed by atoms with Gasteiger partial charge in [-0.1, -0.05) is 26.0 Å². The molecule has 0 saturated carbocycles. The summed E-state index contributed by atoms with van der Waals surface area (Å²) in [7, 11) is 3.14. The van der Waals surface area contributed by atoms with E-state index in [1.54, 1.807) is 49.4 Å². The van der Waals surface area contributed by atoms with Gasteiger partial charge in [0.2, 0.25) is 0 Å². The smallest absolute Gasteiger partial charge is 0.337 e. The van der Waals surface area contributed by atoms with Gasteiger partial charge in [-0.25, -0.2) is 4.79 Å². The molecule has 0 aliphatic carbocycles. The summed E-state index contributed by atoms with van der Waals surface area (Å²) in [5.41, 5.74) is 1.97. The summed E-state index contributed by atoms with van der Waals surface area (Å²) in [6.45, 7) is 6.63. The van der Waals surface area contributed by atoms with Crippen LogP contribution in [-0.4, -0.2) is 52.9 Å². The van der Waals surface area contributed by atoms with Crippen LogP contribution in [0, 0.1) is 12.8 Å². The Hall–Kier alpha value is -3.10. The maximum Gasteiger partial charge on any atom is 0.337 e. The van der Waals surface area contributed by atoms with E-state index in [0.29, 0.717) is 34.6 Å². The number of fused-ring (bicyclic) bond motifs is 1. The van der Waals surface area contributed by atoms with E-state index in [2.05, 4.69) is 5.10 Å². The average Bonchev–Trinajstić information content (AvgIpc) is 3.18. The molecule has 0 bridgehead atoms. The number of carbonyl (C=O) groups is 1. The van der Waals surface area contributed by atoms with Crippen LogP contribution in [0.3, 0.4) is 0 Å². The molecule has 0 radical (unpaired) electrons. The van der Waals surface area contributed by atoms with Crippen molar-refractivity contribution in [2.75, 3.05) is 20.8 Å². The van der Waals surface area contributed by atoms with Gasteiger partial charge in [-0.15, -0.1) is 0 Å². The second-order valence-electron chi connectivity index (χ2n) is 8.16. The fourth-order valence-corrected chi connectivity index (χ4v) is 3.60. The van der Waals surface area contributed by atoms with Crippen molar-refractivity contribution in [1.82, 2.24) is 9.78 Å². The van der Waals surface area contributed by atoms with Crippen LogP contribution in [0.15, 0.2) is 36.5 Å². The summed E-state index contributed by atoms with van der Waals surface area (Å²) in [6, 6.07) is 8.56. The lowest BCUT2D eigenvalue weighted by atomic mass is 10.0. The summed E-state index contributed by atoms with van der Waals surface area (Å²) in [4.78, 5) is 11.5. The molecule has 3 rings (SSSR count). The van der Waals surface area contributed by atoms with Gasteiger partial charge in [-0.2, -0.15) is 5.10 Å². The summed E-state index contributed by atoms with van der Waals surface area (Å²) in [5, 5.41) is 25.8. The van der Waals surface area contributed by atoms with Crippen LogP contribution in [0.2, 0.25) is 0 Å². The van der Waals surface area contributed by atoms with Crippen LogP contribution < -0.4 is 9.47 Å². The molecule has 32 heavy (non-hydrogen) atoms. The Kier molecular flexibility index (Phi) is 7.37. The first-order valence-electron chi connectivity index (χ1n) is 10.5. The number of nitrogens with zero attached hydrogens (tertiary/aromatic N) is 2. The SMILES string of the molecule is COc1cc([C@@H](O)[C@H](Cn2cc3cccc(C(=O)O)c3n2)OCC(C)C)cc(OC)c1C. The molecule has 1 aromatic heterocycles. The molecule has 3 aromatic rings. The van der Waals surface area contributed by atoms with Gasteiger partial charge in [0, 0.05) is 23.8 Å². The van der Waals surface area contributed by atoms with E-state index < -0.39 is 18.2 Å². The lowest BCUT2D eigenvalue weighted by Crippen LogP contribution is -2.29. The topological polar surface area (TPSA) is 103 Å².